The van der Waals surface area contributed by atoms with E-state index in [1.165, 1.54) is 4.72 Å². The summed E-state index contributed by atoms with van der Waals surface area (Å²) < 4.78 is 115. The van der Waals surface area contributed by atoms with Gasteiger partial charge in [-0.3, -0.25) is 8.37 Å². The van der Waals surface area contributed by atoms with E-state index in [2.05, 4.69) is 8.37 Å². The van der Waals surface area contributed by atoms with Crippen LogP contribution in [0.15, 0.2) is 0 Å². The van der Waals surface area contributed by atoms with Crippen LogP contribution in [0, 0.1) is 0 Å². The molecule has 0 aromatic rings. The Morgan fingerprint density at radius 2 is 1.62 bits per heavy atom. The third-order valence-corrected chi connectivity index (χ3v) is 4.22. The lowest BCUT2D eigenvalue weighted by Crippen LogP contribution is -2.62. The monoisotopic (exact) mass is 414 g/mol. The van der Waals surface area contributed by atoms with E-state index in [0.717, 1.165) is 7.11 Å². The molecule has 1 N–H and O–H groups in total. The Kier molecular flexibility index (Phi) is 7.03. The Labute approximate surface area is 137 Å². The van der Waals surface area contributed by atoms with Gasteiger partial charge in [-0.25, -0.2) is 30.0 Å². The van der Waals surface area contributed by atoms with Crippen molar-refractivity contribution in [2.24, 2.45) is 0 Å². The van der Waals surface area contributed by atoms with Gasteiger partial charge in [0.05, 0.1) is 19.3 Å². The van der Waals surface area contributed by atoms with Crippen LogP contribution in [0.1, 0.15) is 0 Å². The molecule has 14 nitrogen and oxygen atoms in total. The highest BCUT2D eigenvalue weighted by Gasteiger charge is 2.44. The molecule has 1 aliphatic rings. The van der Waals surface area contributed by atoms with E-state index < -0.39 is 68.7 Å². The van der Waals surface area contributed by atoms with Crippen molar-refractivity contribution in [2.75, 3.05) is 20.3 Å². The summed E-state index contributed by atoms with van der Waals surface area (Å²) in [7, 11) is -14.6. The lowest BCUT2D eigenvalue weighted by molar-refractivity contribution is -0.161. The van der Waals surface area contributed by atoms with Gasteiger partial charge in [0.2, 0.25) is 20.8 Å². The molecular weight excluding hydrogens is 402 g/mol. The first-order valence-corrected chi connectivity index (χ1v) is 9.91. The molecule has 0 saturated carbocycles. The first-order chi connectivity index (χ1) is 10.7. The van der Waals surface area contributed by atoms with E-state index in [9.17, 15) is 38.9 Å². The van der Waals surface area contributed by atoms with Crippen molar-refractivity contribution < 1.29 is 56.8 Å². The lowest BCUT2D eigenvalue weighted by Gasteiger charge is -2.41. The summed E-state index contributed by atoms with van der Waals surface area (Å²) in [6.45, 7) is -1.63. The minimum atomic E-state index is -5.37. The maximum atomic E-state index is 10.8. The molecule has 1 aliphatic heterocycles. The first-order valence-electron chi connectivity index (χ1n) is 5.84. The normalized spacial score (nSPS) is 29.5. The largest absolute Gasteiger partial charge is 0.735 e. The lowest BCUT2D eigenvalue weighted by atomic mass is 9.99. The summed E-state index contributed by atoms with van der Waals surface area (Å²) in [6, 6.07) is -1.64. The van der Waals surface area contributed by atoms with Crippen LogP contribution in [0.3, 0.4) is 0 Å². The van der Waals surface area contributed by atoms with E-state index in [-0.39, 0.29) is 0 Å². The van der Waals surface area contributed by atoms with Crippen LogP contribution in [0.4, 0.5) is 0 Å². The van der Waals surface area contributed by atoms with Crippen LogP contribution in [0.25, 0.3) is 0 Å². The molecule has 0 aliphatic carbocycles. The number of rotatable bonds is 8. The molecule has 0 aromatic heterocycles. The Morgan fingerprint density at radius 1 is 1.04 bits per heavy atom. The van der Waals surface area contributed by atoms with Crippen LogP contribution in [-0.2, 0) is 48.9 Å². The van der Waals surface area contributed by atoms with E-state index in [1.54, 1.807) is 0 Å². The summed E-state index contributed by atoms with van der Waals surface area (Å²) in [5.74, 6) is 0. The fourth-order valence-electron chi connectivity index (χ4n) is 1.98. The molecule has 1 saturated heterocycles. The molecule has 4 atom stereocenters. The molecular formula is C7H12NO13S3-3. The Hall–Kier alpha value is -0.470. The molecule has 0 aromatic carbocycles. The van der Waals surface area contributed by atoms with Gasteiger partial charge in [0, 0.05) is 7.11 Å². The van der Waals surface area contributed by atoms with Crippen molar-refractivity contribution in [1.82, 2.24) is 4.72 Å². The SMILES string of the molecule is CO[C@@H]1C(COS(=O)(=O)[O-])OCC(NS(=O)(=O)[O-])[C@@H]1OS(=O)(=O)[O-]. The van der Waals surface area contributed by atoms with Gasteiger partial charge in [-0.05, 0) is 0 Å². The predicted octanol–water partition coefficient (Wildman–Crippen LogP) is -3.86. The number of hydrogen-bond donors (Lipinski definition) is 1. The van der Waals surface area contributed by atoms with Gasteiger partial charge in [-0.15, -0.1) is 0 Å². The van der Waals surface area contributed by atoms with Gasteiger partial charge in [0.15, 0.2) is 10.3 Å². The predicted molar refractivity (Wildman–Crippen MR) is 67.4 cm³/mol. The van der Waals surface area contributed by atoms with Gasteiger partial charge < -0.3 is 23.1 Å². The van der Waals surface area contributed by atoms with Crippen LogP contribution in [-0.4, -0.2) is 83.6 Å². The molecule has 1 fully saturated rings. The zero-order chi connectivity index (χ0) is 18.8. The van der Waals surface area contributed by atoms with Crippen LogP contribution in [0.5, 0.6) is 0 Å². The molecule has 1 heterocycles. The highest BCUT2D eigenvalue weighted by atomic mass is 32.3. The summed E-state index contributed by atoms with van der Waals surface area (Å²) >= 11 is 0. The van der Waals surface area contributed by atoms with E-state index in [0.29, 0.717) is 0 Å². The first kappa shape index (κ1) is 21.6. The molecule has 0 radical (unpaired) electrons. The van der Waals surface area contributed by atoms with Crippen molar-refractivity contribution in [2.45, 2.75) is 24.4 Å². The van der Waals surface area contributed by atoms with Crippen LogP contribution in [0.2, 0.25) is 0 Å². The van der Waals surface area contributed by atoms with Crippen molar-refractivity contribution in [1.29, 1.82) is 0 Å². The molecule has 0 bridgehead atoms. The van der Waals surface area contributed by atoms with Gasteiger partial charge in [0.25, 0.3) is 0 Å². The van der Waals surface area contributed by atoms with E-state index in [4.69, 9.17) is 9.47 Å². The Balaban J connectivity index is 3.05. The van der Waals surface area contributed by atoms with Crippen LogP contribution < -0.4 is 4.72 Å². The molecule has 144 valence electrons. The quantitative estimate of drug-likeness (QED) is 0.297. The second kappa shape index (κ2) is 7.83. The maximum Gasteiger partial charge on any atom is 0.218 e. The summed E-state index contributed by atoms with van der Waals surface area (Å²) in [6.07, 6.45) is -4.86. The minimum Gasteiger partial charge on any atom is -0.735 e. The second-order valence-corrected chi connectivity index (χ2v) is 7.62. The van der Waals surface area contributed by atoms with Gasteiger partial charge in [-0.1, -0.05) is 0 Å². The fourth-order valence-corrected chi connectivity index (χ4v) is 3.37. The van der Waals surface area contributed by atoms with Crippen LogP contribution >= 0.6 is 0 Å². The number of methoxy groups -OCH3 is 1. The third kappa shape index (κ3) is 7.61. The van der Waals surface area contributed by atoms with E-state index >= 15 is 0 Å². The second-order valence-electron chi connectivity index (χ2n) is 4.41. The molecule has 17 heteroatoms. The maximum absolute atomic E-state index is 10.8. The topological polar surface area (TPSA) is 221 Å². The minimum absolute atomic E-state index is 0.700. The van der Waals surface area contributed by atoms with Gasteiger partial charge in [-0.2, -0.15) is 0 Å². The smallest absolute Gasteiger partial charge is 0.218 e. The van der Waals surface area contributed by atoms with Crippen molar-refractivity contribution in [3.8, 4) is 0 Å². The third-order valence-electron chi connectivity index (χ3n) is 2.75. The number of ether oxygens (including phenoxy) is 2. The zero-order valence-electron chi connectivity index (χ0n) is 11.8. The highest BCUT2D eigenvalue weighted by molar-refractivity contribution is 7.83. The number of hydrogen-bond acceptors (Lipinski definition) is 13. The Morgan fingerprint density at radius 3 is 2.04 bits per heavy atom. The zero-order valence-corrected chi connectivity index (χ0v) is 14.2. The molecule has 24 heavy (non-hydrogen) atoms. The number of nitrogens with one attached hydrogen (secondary N) is 1. The summed E-state index contributed by atoms with van der Waals surface area (Å²) in [4.78, 5) is 0. The van der Waals surface area contributed by atoms with Crippen molar-refractivity contribution >= 4 is 31.1 Å². The average molecular weight is 414 g/mol. The highest BCUT2D eigenvalue weighted by Crippen LogP contribution is 2.23. The van der Waals surface area contributed by atoms with E-state index in [1.807, 2.05) is 0 Å². The van der Waals surface area contributed by atoms with Crippen molar-refractivity contribution in [3.63, 3.8) is 0 Å². The molecule has 0 amide bonds. The molecule has 0 spiro atoms. The summed E-state index contributed by atoms with van der Waals surface area (Å²) in [5, 5.41) is 0. The summed E-state index contributed by atoms with van der Waals surface area (Å²) in [5.41, 5.74) is 0. The van der Waals surface area contributed by atoms with Gasteiger partial charge in [0.1, 0.15) is 18.3 Å². The standard InChI is InChI=1S/C7H15NO13S3/c1-18-7-5(3-20-23(12,13)14)19-2-4(8-22(9,10)11)6(7)21-24(15,16)17/h4-8H,2-3H2,1H3,(H,9,10,11)(H,12,13,14)(H,15,16,17)/p-3/t4?,5?,6-,7+/m0/s1. The van der Waals surface area contributed by atoms with Crippen molar-refractivity contribution in [3.05, 3.63) is 0 Å². The molecule has 1 rings (SSSR count). The Bertz CT molecular complexity index is 728. The fraction of sp³-hybridized carbons (Fsp3) is 1.00. The molecule has 2 unspecified atom stereocenters. The van der Waals surface area contributed by atoms with Gasteiger partial charge >= 0.3 is 0 Å². The average Bonchev–Trinajstić information content (AvgIpc) is 2.34.